The number of hydrogen-bond acceptors (Lipinski definition) is 2. The van der Waals surface area contributed by atoms with E-state index in [2.05, 4.69) is 20.9 Å². The van der Waals surface area contributed by atoms with Crippen LogP contribution in [-0.4, -0.2) is 15.7 Å². The molecule has 0 aliphatic rings. The number of hydrogen-bond donors (Lipinski definition) is 0. The van der Waals surface area contributed by atoms with Crippen LogP contribution in [0.25, 0.3) is 10.9 Å². The lowest BCUT2D eigenvalue weighted by Crippen LogP contribution is -2.30. The minimum Gasteiger partial charge on any atom is -0.287 e. The maximum Gasteiger partial charge on any atom is 0.406 e. The minimum atomic E-state index is -4.45. The van der Waals surface area contributed by atoms with Gasteiger partial charge in [-0.3, -0.25) is 9.36 Å². The maximum atomic E-state index is 12.4. The van der Waals surface area contributed by atoms with Crippen LogP contribution in [-0.2, 0) is 6.54 Å². The quantitative estimate of drug-likeness (QED) is 0.809. The highest BCUT2D eigenvalue weighted by atomic mass is 79.9. The highest BCUT2D eigenvalue weighted by Gasteiger charge is 2.29. The van der Waals surface area contributed by atoms with Crippen LogP contribution in [0.15, 0.2) is 27.5 Å². The molecule has 0 fully saturated rings. The van der Waals surface area contributed by atoms with Gasteiger partial charge in [0.2, 0.25) is 0 Å². The normalized spacial score (nSPS) is 12.1. The van der Waals surface area contributed by atoms with E-state index >= 15 is 0 Å². The van der Waals surface area contributed by atoms with Gasteiger partial charge in [-0.2, -0.15) is 13.2 Å². The van der Waals surface area contributed by atoms with E-state index in [-0.39, 0.29) is 11.2 Å². The summed E-state index contributed by atoms with van der Waals surface area (Å²) in [6, 6.07) is 4.65. The van der Waals surface area contributed by atoms with Gasteiger partial charge in [-0.05, 0) is 25.1 Å². The topological polar surface area (TPSA) is 34.9 Å². The van der Waals surface area contributed by atoms with Gasteiger partial charge in [-0.15, -0.1) is 0 Å². The predicted octanol–water partition coefficient (Wildman–Crippen LogP) is 3.03. The van der Waals surface area contributed by atoms with E-state index in [1.165, 1.54) is 13.0 Å². The first kappa shape index (κ1) is 13.1. The number of aryl methyl sites for hydroxylation is 1. The lowest BCUT2D eigenvalue weighted by Gasteiger charge is -2.12. The Kier molecular flexibility index (Phi) is 3.18. The summed E-state index contributed by atoms with van der Waals surface area (Å²) in [5, 5.41) is 0.174. The van der Waals surface area contributed by atoms with Crippen LogP contribution in [0.2, 0.25) is 0 Å². The molecule has 0 aliphatic heterocycles. The number of nitrogens with zero attached hydrogens (tertiary/aromatic N) is 2. The van der Waals surface area contributed by atoms with Crippen molar-refractivity contribution < 1.29 is 13.2 Å². The molecular formula is C11H8BrF3N2O. The molecule has 0 N–H and O–H groups in total. The minimum absolute atomic E-state index is 0.0444. The van der Waals surface area contributed by atoms with Gasteiger partial charge < -0.3 is 0 Å². The van der Waals surface area contributed by atoms with Gasteiger partial charge in [0.1, 0.15) is 12.4 Å². The van der Waals surface area contributed by atoms with Crippen LogP contribution in [0.5, 0.6) is 0 Å². The zero-order chi connectivity index (χ0) is 13.5. The lowest BCUT2D eigenvalue weighted by atomic mass is 10.2. The molecule has 0 radical (unpaired) electrons. The molecule has 0 spiro atoms. The number of halogens is 4. The van der Waals surface area contributed by atoms with Crippen molar-refractivity contribution in [1.29, 1.82) is 0 Å². The van der Waals surface area contributed by atoms with E-state index in [1.807, 2.05) is 0 Å². The van der Waals surface area contributed by atoms with E-state index in [9.17, 15) is 18.0 Å². The van der Waals surface area contributed by atoms with E-state index in [0.29, 0.717) is 10.1 Å². The molecule has 1 aromatic heterocycles. The van der Waals surface area contributed by atoms with Crippen LogP contribution in [0, 0.1) is 6.92 Å². The number of alkyl halides is 3. The summed E-state index contributed by atoms with van der Waals surface area (Å²) < 4.78 is 38.5. The van der Waals surface area contributed by atoms with Gasteiger partial charge in [-0.1, -0.05) is 15.9 Å². The first-order valence-electron chi connectivity index (χ1n) is 5.01. The smallest absolute Gasteiger partial charge is 0.287 e. The van der Waals surface area contributed by atoms with Crippen molar-refractivity contribution in [1.82, 2.24) is 9.55 Å². The van der Waals surface area contributed by atoms with E-state index in [1.54, 1.807) is 12.1 Å². The Morgan fingerprint density at radius 3 is 2.67 bits per heavy atom. The molecule has 0 atom stereocenters. The number of fused-ring (bicyclic) bond motifs is 1. The fourth-order valence-corrected chi connectivity index (χ4v) is 2.02. The van der Waals surface area contributed by atoms with Crippen LogP contribution >= 0.6 is 15.9 Å². The van der Waals surface area contributed by atoms with Crippen LogP contribution < -0.4 is 5.56 Å². The molecule has 96 valence electrons. The Labute approximate surface area is 108 Å². The molecule has 0 aliphatic carbocycles. The lowest BCUT2D eigenvalue weighted by molar-refractivity contribution is -0.141. The molecule has 0 bridgehead atoms. The van der Waals surface area contributed by atoms with Crippen molar-refractivity contribution in [3.63, 3.8) is 0 Å². The summed E-state index contributed by atoms with van der Waals surface area (Å²) in [6.45, 7) is 0.0597. The molecule has 0 amide bonds. The van der Waals surface area contributed by atoms with Crippen molar-refractivity contribution in [2.24, 2.45) is 0 Å². The second kappa shape index (κ2) is 4.38. The molecular weight excluding hydrogens is 313 g/mol. The SMILES string of the molecule is Cc1nc2cc(Br)ccc2c(=O)n1CC(F)(F)F. The Morgan fingerprint density at radius 2 is 2.06 bits per heavy atom. The molecule has 0 unspecified atom stereocenters. The fraction of sp³-hybridized carbons (Fsp3) is 0.273. The highest BCUT2D eigenvalue weighted by Crippen LogP contribution is 2.19. The van der Waals surface area contributed by atoms with Crippen LogP contribution in [0.4, 0.5) is 13.2 Å². The third kappa shape index (κ3) is 2.55. The van der Waals surface area contributed by atoms with E-state index in [0.717, 1.165) is 4.47 Å². The van der Waals surface area contributed by atoms with E-state index < -0.39 is 18.3 Å². The van der Waals surface area contributed by atoms with Crippen molar-refractivity contribution >= 4 is 26.8 Å². The first-order chi connectivity index (χ1) is 8.28. The van der Waals surface area contributed by atoms with Gasteiger partial charge in [0.25, 0.3) is 5.56 Å². The summed E-state index contributed by atoms with van der Waals surface area (Å²) in [5.41, 5.74) is -0.298. The van der Waals surface area contributed by atoms with Gasteiger partial charge in [0.15, 0.2) is 0 Å². The van der Waals surface area contributed by atoms with Gasteiger partial charge in [-0.25, -0.2) is 4.98 Å². The molecule has 1 heterocycles. The summed E-state index contributed by atoms with van der Waals surface area (Å²) in [4.78, 5) is 16.0. The Bertz CT molecular complexity index is 664. The van der Waals surface area contributed by atoms with Crippen LogP contribution in [0.3, 0.4) is 0 Å². The molecule has 2 rings (SSSR count). The van der Waals surface area contributed by atoms with Crippen LogP contribution in [0.1, 0.15) is 5.82 Å². The average molecular weight is 321 g/mol. The number of aromatic nitrogens is 2. The zero-order valence-corrected chi connectivity index (χ0v) is 10.8. The van der Waals surface area contributed by atoms with Crippen molar-refractivity contribution in [3.8, 4) is 0 Å². The molecule has 2 aromatic rings. The molecule has 0 saturated heterocycles. The maximum absolute atomic E-state index is 12.4. The Morgan fingerprint density at radius 1 is 1.39 bits per heavy atom. The van der Waals surface area contributed by atoms with Gasteiger partial charge in [0, 0.05) is 4.47 Å². The number of benzene rings is 1. The standard InChI is InChI=1S/C11H8BrF3N2O/c1-6-16-9-4-7(12)2-3-8(9)10(18)17(6)5-11(13,14)15/h2-4H,5H2,1H3. The zero-order valence-electron chi connectivity index (χ0n) is 9.25. The summed E-state index contributed by atoms with van der Waals surface area (Å²) in [5.74, 6) is 0.0444. The van der Waals surface area contributed by atoms with Crippen molar-refractivity contribution in [2.75, 3.05) is 0 Å². The van der Waals surface area contributed by atoms with Gasteiger partial charge >= 0.3 is 6.18 Å². The fourth-order valence-electron chi connectivity index (χ4n) is 1.67. The highest BCUT2D eigenvalue weighted by molar-refractivity contribution is 9.10. The Hall–Kier alpha value is -1.37. The van der Waals surface area contributed by atoms with Crippen molar-refractivity contribution in [2.45, 2.75) is 19.6 Å². The second-order valence-electron chi connectivity index (χ2n) is 3.83. The predicted molar refractivity (Wildman–Crippen MR) is 64.5 cm³/mol. The summed E-state index contributed by atoms with van der Waals surface area (Å²) in [6.07, 6.45) is -4.45. The largest absolute Gasteiger partial charge is 0.406 e. The molecule has 3 nitrogen and oxygen atoms in total. The molecule has 7 heteroatoms. The summed E-state index contributed by atoms with van der Waals surface area (Å²) >= 11 is 3.22. The third-order valence-electron chi connectivity index (χ3n) is 2.45. The van der Waals surface area contributed by atoms with E-state index in [4.69, 9.17) is 0 Å². The summed E-state index contributed by atoms with van der Waals surface area (Å²) in [7, 11) is 0. The monoisotopic (exact) mass is 320 g/mol. The molecule has 1 aromatic carbocycles. The third-order valence-corrected chi connectivity index (χ3v) is 2.94. The molecule has 18 heavy (non-hydrogen) atoms. The number of rotatable bonds is 1. The second-order valence-corrected chi connectivity index (χ2v) is 4.74. The Balaban J connectivity index is 2.70. The average Bonchev–Trinajstić information content (AvgIpc) is 2.22. The molecule has 0 saturated carbocycles. The van der Waals surface area contributed by atoms with Gasteiger partial charge in [0.05, 0.1) is 10.9 Å². The van der Waals surface area contributed by atoms with Crippen molar-refractivity contribution in [3.05, 3.63) is 38.9 Å². The first-order valence-corrected chi connectivity index (χ1v) is 5.81.